The summed E-state index contributed by atoms with van der Waals surface area (Å²) in [6.07, 6.45) is 11.9. The minimum absolute atomic E-state index is 0.00645. The predicted molar refractivity (Wildman–Crippen MR) is 225 cm³/mol. The lowest BCUT2D eigenvalue weighted by Crippen LogP contribution is -2.40. The van der Waals surface area contributed by atoms with Gasteiger partial charge in [0.15, 0.2) is 11.5 Å². The Bertz CT molecular complexity index is 2310. The van der Waals surface area contributed by atoms with Gasteiger partial charge in [-0.15, -0.1) is 0 Å². The fraction of sp³-hybridized carbons (Fsp3) is 0.295. The molecule has 5 aromatic rings. The number of nitrogen functional groups attached to an aromatic ring is 1. The van der Waals surface area contributed by atoms with E-state index in [9.17, 15) is 19.2 Å². The molecule has 2 aliphatic rings. The average Bonchev–Trinajstić information content (AvgIpc) is 3.75. The monoisotopic (exact) mass is 784 g/mol. The van der Waals surface area contributed by atoms with Gasteiger partial charge in [-0.05, 0) is 97.8 Å². The van der Waals surface area contributed by atoms with Crippen LogP contribution in [-0.4, -0.2) is 70.6 Å². The first-order chi connectivity index (χ1) is 28.1. The van der Waals surface area contributed by atoms with Crippen LogP contribution in [0.2, 0.25) is 0 Å². The zero-order chi connectivity index (χ0) is 40.6. The van der Waals surface area contributed by atoms with Gasteiger partial charge in [-0.2, -0.15) is 0 Å². The second-order valence-corrected chi connectivity index (χ2v) is 14.6. The maximum Gasteiger partial charge on any atom is 0.272 e. The molecule has 0 saturated carbocycles. The molecular weight excluding hydrogens is 737 g/mol. The highest BCUT2D eigenvalue weighted by atomic mass is 16.5. The fourth-order valence-electron chi connectivity index (χ4n) is 7.19. The van der Waals surface area contributed by atoms with Crippen LogP contribution in [0.25, 0.3) is 11.1 Å². The first-order valence-corrected chi connectivity index (χ1v) is 19.6. The summed E-state index contributed by atoms with van der Waals surface area (Å²) in [6, 6.07) is 21.1. The molecule has 2 aliphatic heterocycles. The molecule has 0 bridgehead atoms. The Morgan fingerprint density at radius 3 is 2.38 bits per heavy atom. The summed E-state index contributed by atoms with van der Waals surface area (Å²) >= 11 is 0. The van der Waals surface area contributed by atoms with E-state index >= 15 is 0 Å². The number of fused-ring (bicyclic) bond motifs is 2. The number of anilines is 4. The molecule has 2 aromatic heterocycles. The minimum atomic E-state index is -0.324. The van der Waals surface area contributed by atoms with Crippen molar-refractivity contribution in [2.24, 2.45) is 12.0 Å². The SMILES string of the molecule is COc1cc2c(cc1OCCCCCC(=O)Nc1cc(C(=O)Nc3ccc(-c4c[nH]c(C(=O)Nc5ccc(N)cc5)c4)cc3)n(C)c1)N=CC1CCCCCN1C2=O. The van der Waals surface area contributed by atoms with Crippen LogP contribution in [0.1, 0.15) is 82.7 Å². The molecule has 1 fully saturated rings. The third-order valence-corrected chi connectivity index (χ3v) is 10.4. The van der Waals surface area contributed by atoms with Crippen molar-refractivity contribution in [2.45, 2.75) is 57.4 Å². The van der Waals surface area contributed by atoms with Crippen LogP contribution < -0.4 is 31.2 Å². The summed E-state index contributed by atoms with van der Waals surface area (Å²) in [4.78, 5) is 61.7. The minimum Gasteiger partial charge on any atom is -0.493 e. The first kappa shape index (κ1) is 39.4. The number of unbranched alkanes of at least 4 members (excludes halogenated alkanes) is 2. The number of aliphatic imine (C=N–C) groups is 1. The first-order valence-electron chi connectivity index (χ1n) is 19.6. The number of ether oxygens (including phenoxy) is 2. The molecule has 14 nitrogen and oxygen atoms in total. The molecule has 1 unspecified atom stereocenters. The molecule has 0 aliphatic carbocycles. The molecule has 14 heteroatoms. The lowest BCUT2D eigenvalue weighted by atomic mass is 10.1. The van der Waals surface area contributed by atoms with Crippen molar-refractivity contribution < 1.29 is 28.7 Å². The zero-order valence-electron chi connectivity index (χ0n) is 32.7. The lowest BCUT2D eigenvalue weighted by Gasteiger charge is -2.26. The number of amides is 4. The smallest absolute Gasteiger partial charge is 0.272 e. The van der Waals surface area contributed by atoms with Crippen molar-refractivity contribution in [1.82, 2.24) is 14.5 Å². The summed E-state index contributed by atoms with van der Waals surface area (Å²) in [7, 11) is 3.30. The van der Waals surface area contributed by atoms with Gasteiger partial charge in [0.2, 0.25) is 5.91 Å². The number of nitrogens with two attached hydrogens (primary N) is 1. The number of carbonyl (C=O) groups excluding carboxylic acids is 4. The third-order valence-electron chi connectivity index (χ3n) is 10.4. The standard InChI is InChI=1S/C44H48N8O6/c1-51-27-33(22-38(51)43(55)50-31-15-11-28(12-16-31)29-21-37(46-25-29)42(54)49-32-17-13-30(45)14-18-32)48-41(53)10-6-4-8-20-58-40-24-36-35(23-39(40)57-2)44(56)52-19-7-3-5-9-34(52)26-47-36/h11-18,21-27,34,46H,3-10,19-20,45H2,1-2H3,(H,48,53)(H,49,54)(H,50,55). The topological polar surface area (TPSA) is 185 Å². The molecule has 0 spiro atoms. The molecule has 300 valence electrons. The normalized spacial score (nSPS) is 14.8. The number of nitrogens with zero attached hydrogens (tertiary/aromatic N) is 3. The van der Waals surface area contributed by atoms with Crippen LogP contribution in [0, 0.1) is 0 Å². The predicted octanol–water partition coefficient (Wildman–Crippen LogP) is 7.79. The fourth-order valence-corrected chi connectivity index (χ4v) is 7.19. The van der Waals surface area contributed by atoms with Gasteiger partial charge in [0.25, 0.3) is 17.7 Å². The highest BCUT2D eigenvalue weighted by molar-refractivity contribution is 6.06. The van der Waals surface area contributed by atoms with Gasteiger partial charge >= 0.3 is 0 Å². The summed E-state index contributed by atoms with van der Waals surface area (Å²) in [5.41, 5.74) is 11.7. The van der Waals surface area contributed by atoms with Gasteiger partial charge in [0, 0.05) is 61.8 Å². The van der Waals surface area contributed by atoms with Crippen LogP contribution in [0.3, 0.4) is 0 Å². The molecule has 1 atom stereocenters. The molecule has 4 amide bonds. The van der Waals surface area contributed by atoms with E-state index in [1.165, 1.54) is 0 Å². The van der Waals surface area contributed by atoms with Gasteiger partial charge < -0.3 is 45.6 Å². The number of benzene rings is 3. The van der Waals surface area contributed by atoms with Crippen molar-refractivity contribution in [3.05, 3.63) is 102 Å². The van der Waals surface area contributed by atoms with Crippen LogP contribution in [0.5, 0.6) is 11.5 Å². The van der Waals surface area contributed by atoms with E-state index in [1.54, 1.807) is 91.8 Å². The van der Waals surface area contributed by atoms with Crippen molar-refractivity contribution >= 4 is 58.3 Å². The van der Waals surface area contributed by atoms with Crippen LogP contribution in [0.4, 0.5) is 28.4 Å². The number of nitrogens with one attached hydrogen (secondary N) is 4. The number of hydrogen-bond donors (Lipinski definition) is 5. The second-order valence-electron chi connectivity index (χ2n) is 14.6. The van der Waals surface area contributed by atoms with Crippen LogP contribution >= 0.6 is 0 Å². The second kappa shape index (κ2) is 18.0. The molecule has 0 radical (unpaired) electrons. The number of hydrogen-bond acceptors (Lipinski definition) is 8. The summed E-state index contributed by atoms with van der Waals surface area (Å²) < 4.78 is 13.3. The Hall–Kier alpha value is -6.83. The highest BCUT2D eigenvalue weighted by Crippen LogP contribution is 2.38. The van der Waals surface area contributed by atoms with E-state index in [1.807, 2.05) is 23.2 Å². The number of aryl methyl sites for hydroxylation is 1. The van der Waals surface area contributed by atoms with Crippen molar-refractivity contribution in [3.63, 3.8) is 0 Å². The van der Waals surface area contributed by atoms with Gasteiger partial charge in [0.1, 0.15) is 11.4 Å². The molecule has 1 saturated heterocycles. The van der Waals surface area contributed by atoms with Crippen molar-refractivity contribution in [3.8, 4) is 22.6 Å². The van der Waals surface area contributed by atoms with Gasteiger partial charge in [0.05, 0.1) is 36.7 Å². The Labute approximate surface area is 336 Å². The van der Waals surface area contributed by atoms with E-state index in [-0.39, 0.29) is 29.7 Å². The largest absolute Gasteiger partial charge is 0.493 e. The molecule has 6 N–H and O–H groups in total. The lowest BCUT2D eigenvalue weighted by molar-refractivity contribution is -0.116. The number of H-pyrrole nitrogens is 1. The van der Waals surface area contributed by atoms with Crippen molar-refractivity contribution in [1.29, 1.82) is 0 Å². The van der Waals surface area contributed by atoms with Gasteiger partial charge in [-0.25, -0.2) is 0 Å². The quantitative estimate of drug-likeness (QED) is 0.0562. The molecule has 4 heterocycles. The van der Waals surface area contributed by atoms with E-state index in [0.29, 0.717) is 76.3 Å². The number of aromatic nitrogens is 2. The van der Waals surface area contributed by atoms with E-state index < -0.39 is 0 Å². The Kier molecular flexibility index (Phi) is 12.2. The average molecular weight is 785 g/mol. The summed E-state index contributed by atoms with van der Waals surface area (Å²) in [5.74, 6) is 0.254. The van der Waals surface area contributed by atoms with Gasteiger partial charge in [-0.1, -0.05) is 25.0 Å². The van der Waals surface area contributed by atoms with E-state index in [2.05, 4.69) is 25.9 Å². The van der Waals surface area contributed by atoms with Crippen LogP contribution in [0.15, 0.2) is 90.2 Å². The number of carbonyl (C=O) groups is 4. The summed E-state index contributed by atoms with van der Waals surface area (Å²) in [5, 5.41) is 8.64. The van der Waals surface area contributed by atoms with Crippen LogP contribution in [-0.2, 0) is 11.8 Å². The Morgan fingerprint density at radius 2 is 1.60 bits per heavy atom. The Morgan fingerprint density at radius 1 is 0.845 bits per heavy atom. The maximum atomic E-state index is 13.4. The molecule has 3 aromatic carbocycles. The van der Waals surface area contributed by atoms with E-state index in [0.717, 1.165) is 56.2 Å². The molecular formula is C44H48N8O6. The van der Waals surface area contributed by atoms with Crippen molar-refractivity contribution in [2.75, 3.05) is 41.9 Å². The zero-order valence-corrected chi connectivity index (χ0v) is 32.7. The Balaban J connectivity index is 0.844. The highest BCUT2D eigenvalue weighted by Gasteiger charge is 2.30. The molecule has 7 rings (SSSR count). The third kappa shape index (κ3) is 9.40. The number of rotatable bonds is 14. The van der Waals surface area contributed by atoms with E-state index in [4.69, 9.17) is 15.2 Å². The number of methoxy groups -OCH3 is 1. The maximum absolute atomic E-state index is 13.4. The number of aromatic amines is 1. The molecule has 58 heavy (non-hydrogen) atoms. The van der Waals surface area contributed by atoms with Gasteiger partial charge in [-0.3, -0.25) is 24.2 Å². The summed E-state index contributed by atoms with van der Waals surface area (Å²) in [6.45, 7) is 1.14.